The molecule has 138 valence electrons. The molecule has 0 saturated heterocycles. The molecule has 0 aliphatic rings. The molecule has 0 aliphatic heterocycles. The Bertz CT molecular complexity index is 954. The van der Waals surface area contributed by atoms with Gasteiger partial charge in [0.05, 0.1) is 17.2 Å². The van der Waals surface area contributed by atoms with Gasteiger partial charge in [-0.1, -0.05) is 60.1 Å². The van der Waals surface area contributed by atoms with Gasteiger partial charge < -0.3 is 4.74 Å². The number of ether oxygens (including phenoxy) is 1. The third-order valence-electron chi connectivity index (χ3n) is 3.99. The van der Waals surface area contributed by atoms with Crippen molar-refractivity contribution in [1.82, 2.24) is 10.9 Å². The van der Waals surface area contributed by atoms with Crippen LogP contribution >= 0.6 is 11.6 Å². The summed E-state index contributed by atoms with van der Waals surface area (Å²) in [6, 6.07) is 20.5. The lowest BCUT2D eigenvalue weighted by atomic mass is 10.1. The highest BCUT2D eigenvalue weighted by molar-refractivity contribution is 6.33. The van der Waals surface area contributed by atoms with E-state index in [9.17, 15) is 9.59 Å². The SMILES string of the molecule is O=C(CCCOc1cccc2ccccc12)NNC(=O)c1ccccc1Cl. The number of carbonyl (C=O) groups is 2. The standard InChI is InChI=1S/C21H19ClN2O3/c22-18-11-4-3-10-17(18)21(26)24-23-20(25)13-6-14-27-19-12-5-8-15-7-1-2-9-16(15)19/h1-5,7-12H,6,13-14H2,(H,23,25)(H,24,26). The number of hydrogen-bond donors (Lipinski definition) is 2. The zero-order chi connectivity index (χ0) is 19.1. The van der Waals surface area contributed by atoms with E-state index in [1.54, 1.807) is 24.3 Å². The molecule has 0 heterocycles. The zero-order valence-corrected chi connectivity index (χ0v) is 15.3. The van der Waals surface area contributed by atoms with E-state index < -0.39 is 5.91 Å². The first-order valence-electron chi connectivity index (χ1n) is 8.59. The van der Waals surface area contributed by atoms with Gasteiger partial charge in [-0.25, -0.2) is 0 Å². The molecule has 3 rings (SSSR count). The number of benzene rings is 3. The van der Waals surface area contributed by atoms with Crippen molar-refractivity contribution in [3.8, 4) is 5.75 Å². The van der Waals surface area contributed by atoms with Gasteiger partial charge in [0.2, 0.25) is 5.91 Å². The summed E-state index contributed by atoms with van der Waals surface area (Å²) >= 11 is 5.95. The van der Waals surface area contributed by atoms with Crippen molar-refractivity contribution in [3.63, 3.8) is 0 Å². The van der Waals surface area contributed by atoms with Gasteiger partial charge in [-0.15, -0.1) is 0 Å². The molecule has 2 amide bonds. The van der Waals surface area contributed by atoms with Crippen molar-refractivity contribution >= 4 is 34.2 Å². The van der Waals surface area contributed by atoms with Crippen LogP contribution in [-0.2, 0) is 4.79 Å². The van der Waals surface area contributed by atoms with Gasteiger partial charge in [-0.2, -0.15) is 0 Å². The van der Waals surface area contributed by atoms with Gasteiger partial charge in [0.15, 0.2) is 0 Å². The molecule has 0 radical (unpaired) electrons. The molecule has 0 unspecified atom stereocenters. The fraction of sp³-hybridized carbons (Fsp3) is 0.143. The molecule has 0 aromatic heterocycles. The van der Waals surface area contributed by atoms with Crippen molar-refractivity contribution in [2.45, 2.75) is 12.8 Å². The summed E-state index contributed by atoms with van der Waals surface area (Å²) in [4.78, 5) is 23.8. The summed E-state index contributed by atoms with van der Waals surface area (Å²) in [6.45, 7) is 0.403. The van der Waals surface area contributed by atoms with Gasteiger partial charge in [0, 0.05) is 11.8 Å². The first-order chi connectivity index (χ1) is 13.1. The van der Waals surface area contributed by atoms with Crippen molar-refractivity contribution in [3.05, 3.63) is 77.3 Å². The predicted octanol–water partition coefficient (Wildman–Crippen LogP) is 4.11. The number of rotatable bonds is 6. The summed E-state index contributed by atoms with van der Waals surface area (Å²) in [5, 5.41) is 2.47. The second-order valence-corrected chi connectivity index (χ2v) is 6.32. The van der Waals surface area contributed by atoms with Crippen LogP contribution in [0.15, 0.2) is 66.7 Å². The number of carbonyl (C=O) groups excluding carboxylic acids is 2. The van der Waals surface area contributed by atoms with Crippen LogP contribution in [-0.4, -0.2) is 18.4 Å². The van der Waals surface area contributed by atoms with Gasteiger partial charge in [-0.05, 0) is 30.0 Å². The molecule has 0 bridgehead atoms. The second kappa shape index (κ2) is 9.05. The molecule has 6 heteroatoms. The molecule has 0 fully saturated rings. The lowest BCUT2D eigenvalue weighted by Gasteiger charge is -2.10. The number of hydrogen-bond acceptors (Lipinski definition) is 3. The number of halogens is 1. The Morgan fingerprint density at radius 2 is 1.63 bits per heavy atom. The maximum Gasteiger partial charge on any atom is 0.271 e. The zero-order valence-electron chi connectivity index (χ0n) is 14.6. The van der Waals surface area contributed by atoms with Gasteiger partial charge >= 0.3 is 0 Å². The maximum atomic E-state index is 12.0. The minimum Gasteiger partial charge on any atom is -0.493 e. The smallest absolute Gasteiger partial charge is 0.271 e. The Kier molecular flexibility index (Phi) is 6.28. The van der Waals surface area contributed by atoms with E-state index >= 15 is 0 Å². The van der Waals surface area contributed by atoms with Crippen LogP contribution in [0.4, 0.5) is 0 Å². The Morgan fingerprint density at radius 1 is 0.889 bits per heavy atom. The molecule has 0 spiro atoms. The first kappa shape index (κ1) is 18.7. The van der Waals surface area contributed by atoms with Gasteiger partial charge in [0.25, 0.3) is 5.91 Å². The topological polar surface area (TPSA) is 67.4 Å². The molecular formula is C21H19ClN2O3. The van der Waals surface area contributed by atoms with E-state index in [-0.39, 0.29) is 12.3 Å². The summed E-state index contributed by atoms with van der Waals surface area (Å²) in [6.07, 6.45) is 0.755. The Labute approximate surface area is 162 Å². The van der Waals surface area contributed by atoms with Crippen LogP contribution in [0.5, 0.6) is 5.75 Å². The molecule has 5 nitrogen and oxygen atoms in total. The lowest BCUT2D eigenvalue weighted by Crippen LogP contribution is -2.41. The summed E-state index contributed by atoms with van der Waals surface area (Å²) in [5.74, 6) is 0.0402. The molecule has 2 N–H and O–H groups in total. The summed E-state index contributed by atoms with van der Waals surface area (Å²) in [7, 11) is 0. The minimum absolute atomic E-state index is 0.230. The van der Waals surface area contributed by atoms with E-state index in [4.69, 9.17) is 16.3 Å². The van der Waals surface area contributed by atoms with Crippen LogP contribution in [0.1, 0.15) is 23.2 Å². The van der Waals surface area contributed by atoms with Crippen LogP contribution in [0.2, 0.25) is 5.02 Å². The molecular weight excluding hydrogens is 364 g/mol. The molecule has 0 saturated carbocycles. The number of nitrogens with one attached hydrogen (secondary N) is 2. The average molecular weight is 383 g/mol. The fourth-order valence-electron chi connectivity index (χ4n) is 2.64. The minimum atomic E-state index is -0.457. The average Bonchev–Trinajstić information content (AvgIpc) is 2.70. The summed E-state index contributed by atoms with van der Waals surface area (Å²) in [5.41, 5.74) is 5.05. The third-order valence-corrected chi connectivity index (χ3v) is 4.32. The van der Waals surface area contributed by atoms with E-state index in [0.29, 0.717) is 23.6 Å². The van der Waals surface area contributed by atoms with Crippen LogP contribution in [0.3, 0.4) is 0 Å². The highest BCUT2D eigenvalue weighted by Gasteiger charge is 2.10. The highest BCUT2D eigenvalue weighted by Crippen LogP contribution is 2.25. The van der Waals surface area contributed by atoms with Crippen LogP contribution < -0.4 is 15.6 Å². The highest BCUT2D eigenvalue weighted by atomic mass is 35.5. The van der Waals surface area contributed by atoms with Crippen molar-refractivity contribution in [1.29, 1.82) is 0 Å². The van der Waals surface area contributed by atoms with Crippen molar-refractivity contribution in [2.75, 3.05) is 6.61 Å². The fourth-order valence-corrected chi connectivity index (χ4v) is 2.86. The summed E-state index contributed by atoms with van der Waals surface area (Å²) < 4.78 is 5.80. The normalized spacial score (nSPS) is 10.4. The van der Waals surface area contributed by atoms with E-state index in [1.807, 2.05) is 42.5 Å². The second-order valence-electron chi connectivity index (χ2n) is 5.91. The predicted molar refractivity (Wildman–Crippen MR) is 106 cm³/mol. The van der Waals surface area contributed by atoms with Gasteiger partial charge in [0.1, 0.15) is 5.75 Å². The van der Waals surface area contributed by atoms with E-state index in [2.05, 4.69) is 10.9 Å². The number of fused-ring (bicyclic) bond motifs is 1. The van der Waals surface area contributed by atoms with Crippen molar-refractivity contribution in [2.24, 2.45) is 0 Å². The van der Waals surface area contributed by atoms with Crippen LogP contribution in [0, 0.1) is 0 Å². The Balaban J connectivity index is 1.42. The molecule has 27 heavy (non-hydrogen) atoms. The van der Waals surface area contributed by atoms with E-state index in [1.165, 1.54) is 0 Å². The maximum absolute atomic E-state index is 12.0. The monoisotopic (exact) mass is 382 g/mol. The molecule has 3 aromatic rings. The van der Waals surface area contributed by atoms with Gasteiger partial charge in [-0.3, -0.25) is 20.4 Å². The number of hydrazine groups is 1. The van der Waals surface area contributed by atoms with E-state index in [0.717, 1.165) is 16.5 Å². The molecule has 0 atom stereocenters. The lowest BCUT2D eigenvalue weighted by molar-refractivity contribution is -0.122. The molecule has 0 aliphatic carbocycles. The Hall–Kier alpha value is -3.05. The molecule has 3 aromatic carbocycles. The van der Waals surface area contributed by atoms with Crippen LogP contribution in [0.25, 0.3) is 10.8 Å². The van der Waals surface area contributed by atoms with Crippen molar-refractivity contribution < 1.29 is 14.3 Å². The largest absolute Gasteiger partial charge is 0.493 e. The third kappa shape index (κ3) is 4.99. The Morgan fingerprint density at radius 3 is 2.48 bits per heavy atom. The number of amides is 2. The quantitative estimate of drug-likeness (QED) is 0.498. The first-order valence-corrected chi connectivity index (χ1v) is 8.97.